The molecule has 1 heterocycles. The summed E-state index contributed by atoms with van der Waals surface area (Å²) in [7, 11) is 0. The summed E-state index contributed by atoms with van der Waals surface area (Å²) < 4.78 is 1.46. The number of hydrogen-bond acceptors (Lipinski definition) is 4. The molecule has 1 aromatic rings. The van der Waals surface area contributed by atoms with Crippen molar-refractivity contribution in [3.05, 3.63) is 11.9 Å². The molecule has 6 nitrogen and oxygen atoms in total. The standard InChI is InChI=1S/C11H20N4O2/c1-5-7(2)12-11(17)8(3)15-6-10(9(4)16)13-14-15/h6-9,16H,5H2,1-4H3,(H,12,17). The number of aliphatic hydroxyl groups excluding tert-OH is 1. The molecule has 0 fully saturated rings. The van der Waals surface area contributed by atoms with Gasteiger partial charge in [-0.3, -0.25) is 4.79 Å². The number of nitrogens with zero attached hydrogens (tertiary/aromatic N) is 3. The third-order valence-electron chi connectivity index (χ3n) is 2.73. The quantitative estimate of drug-likeness (QED) is 0.798. The van der Waals surface area contributed by atoms with Crippen molar-refractivity contribution >= 4 is 5.91 Å². The Hall–Kier alpha value is -1.43. The van der Waals surface area contributed by atoms with Crippen molar-refractivity contribution < 1.29 is 9.90 Å². The zero-order chi connectivity index (χ0) is 13.0. The van der Waals surface area contributed by atoms with Crippen molar-refractivity contribution in [1.29, 1.82) is 0 Å². The van der Waals surface area contributed by atoms with E-state index >= 15 is 0 Å². The van der Waals surface area contributed by atoms with Crippen LogP contribution in [0.1, 0.15) is 52.0 Å². The van der Waals surface area contributed by atoms with Gasteiger partial charge in [0, 0.05) is 6.04 Å². The number of carbonyl (C=O) groups is 1. The van der Waals surface area contributed by atoms with Gasteiger partial charge in [0.1, 0.15) is 11.7 Å². The molecule has 0 aromatic carbocycles. The third kappa shape index (κ3) is 3.52. The molecule has 1 aromatic heterocycles. The van der Waals surface area contributed by atoms with Crippen LogP contribution in [0.25, 0.3) is 0 Å². The second-order valence-electron chi connectivity index (χ2n) is 4.29. The Kier molecular flexibility index (Phi) is 4.62. The highest BCUT2D eigenvalue weighted by molar-refractivity contribution is 5.79. The summed E-state index contributed by atoms with van der Waals surface area (Å²) in [6, 6.07) is -0.284. The normalized spacial score (nSPS) is 16.3. The van der Waals surface area contributed by atoms with Gasteiger partial charge < -0.3 is 10.4 Å². The van der Waals surface area contributed by atoms with Gasteiger partial charge in [0.25, 0.3) is 0 Å². The summed E-state index contributed by atoms with van der Waals surface area (Å²) in [6.07, 6.45) is 1.80. The molecule has 2 N–H and O–H groups in total. The van der Waals surface area contributed by atoms with E-state index in [1.165, 1.54) is 4.68 Å². The van der Waals surface area contributed by atoms with Crippen LogP contribution in [-0.4, -0.2) is 32.0 Å². The first-order chi connectivity index (χ1) is 7.95. The SMILES string of the molecule is CCC(C)NC(=O)C(C)n1cc(C(C)O)nn1. The fourth-order valence-electron chi connectivity index (χ4n) is 1.26. The van der Waals surface area contributed by atoms with Gasteiger partial charge in [0.05, 0.1) is 12.3 Å². The van der Waals surface area contributed by atoms with Gasteiger partial charge in [-0.2, -0.15) is 0 Å². The lowest BCUT2D eigenvalue weighted by Crippen LogP contribution is -2.37. The molecule has 1 amide bonds. The molecule has 6 heteroatoms. The molecule has 3 unspecified atom stereocenters. The number of nitrogens with one attached hydrogen (secondary N) is 1. The average Bonchev–Trinajstić information content (AvgIpc) is 2.77. The first kappa shape index (κ1) is 13.6. The number of amides is 1. The summed E-state index contributed by atoms with van der Waals surface area (Å²) in [4.78, 5) is 11.8. The van der Waals surface area contributed by atoms with E-state index in [-0.39, 0.29) is 11.9 Å². The van der Waals surface area contributed by atoms with E-state index in [0.29, 0.717) is 5.69 Å². The lowest BCUT2D eigenvalue weighted by molar-refractivity contribution is -0.124. The molecular formula is C11H20N4O2. The first-order valence-electron chi connectivity index (χ1n) is 5.85. The van der Waals surface area contributed by atoms with E-state index in [2.05, 4.69) is 15.6 Å². The number of aromatic nitrogens is 3. The Bertz CT molecular complexity index is 375. The maximum absolute atomic E-state index is 11.8. The van der Waals surface area contributed by atoms with Gasteiger partial charge in [-0.25, -0.2) is 4.68 Å². The summed E-state index contributed by atoms with van der Waals surface area (Å²) in [5.41, 5.74) is 0.466. The van der Waals surface area contributed by atoms with Crippen LogP contribution in [0.2, 0.25) is 0 Å². The Morgan fingerprint density at radius 3 is 2.65 bits per heavy atom. The van der Waals surface area contributed by atoms with Crippen LogP contribution in [0.15, 0.2) is 6.20 Å². The van der Waals surface area contributed by atoms with Gasteiger partial charge in [0.15, 0.2) is 0 Å². The van der Waals surface area contributed by atoms with Gasteiger partial charge >= 0.3 is 0 Å². The van der Waals surface area contributed by atoms with Crippen LogP contribution in [0.5, 0.6) is 0 Å². The summed E-state index contributed by atoms with van der Waals surface area (Å²) in [5, 5.41) is 19.8. The highest BCUT2D eigenvalue weighted by Gasteiger charge is 2.18. The summed E-state index contributed by atoms with van der Waals surface area (Å²) in [6.45, 7) is 7.32. The lowest BCUT2D eigenvalue weighted by Gasteiger charge is -2.15. The lowest BCUT2D eigenvalue weighted by atomic mass is 10.2. The predicted molar refractivity (Wildman–Crippen MR) is 63.3 cm³/mol. The Morgan fingerprint density at radius 1 is 1.53 bits per heavy atom. The number of hydrogen-bond donors (Lipinski definition) is 2. The first-order valence-corrected chi connectivity index (χ1v) is 5.85. The van der Waals surface area contributed by atoms with Gasteiger partial charge in [0.2, 0.25) is 5.91 Å². The second kappa shape index (κ2) is 5.77. The molecule has 17 heavy (non-hydrogen) atoms. The molecule has 0 aliphatic carbocycles. The van der Waals surface area contributed by atoms with E-state index in [4.69, 9.17) is 0 Å². The maximum atomic E-state index is 11.8. The van der Waals surface area contributed by atoms with Crippen molar-refractivity contribution in [3.8, 4) is 0 Å². The monoisotopic (exact) mass is 240 g/mol. The predicted octanol–water partition coefficient (Wildman–Crippen LogP) is 0.807. The van der Waals surface area contributed by atoms with Gasteiger partial charge in [-0.05, 0) is 27.2 Å². The van der Waals surface area contributed by atoms with Crippen molar-refractivity contribution in [3.63, 3.8) is 0 Å². The van der Waals surface area contributed by atoms with Crippen LogP contribution >= 0.6 is 0 Å². The molecule has 0 aliphatic rings. The van der Waals surface area contributed by atoms with Crippen molar-refractivity contribution in [2.24, 2.45) is 0 Å². The minimum atomic E-state index is -0.673. The van der Waals surface area contributed by atoms with Gasteiger partial charge in [-0.15, -0.1) is 5.10 Å². The largest absolute Gasteiger partial charge is 0.387 e. The third-order valence-corrected chi connectivity index (χ3v) is 2.73. The van der Waals surface area contributed by atoms with Gasteiger partial charge in [-0.1, -0.05) is 12.1 Å². The second-order valence-corrected chi connectivity index (χ2v) is 4.29. The topological polar surface area (TPSA) is 80.0 Å². The fraction of sp³-hybridized carbons (Fsp3) is 0.727. The smallest absolute Gasteiger partial charge is 0.244 e. The molecule has 0 bridgehead atoms. The molecule has 1 rings (SSSR count). The summed E-state index contributed by atoms with van der Waals surface area (Å²) >= 11 is 0. The van der Waals surface area contributed by atoms with Crippen molar-refractivity contribution in [1.82, 2.24) is 20.3 Å². The zero-order valence-corrected chi connectivity index (χ0v) is 10.7. The van der Waals surface area contributed by atoms with Crippen LogP contribution in [-0.2, 0) is 4.79 Å². The number of aliphatic hydroxyl groups is 1. The molecule has 0 aliphatic heterocycles. The van der Waals surface area contributed by atoms with Crippen molar-refractivity contribution in [2.45, 2.75) is 52.3 Å². The number of carbonyl (C=O) groups excluding carboxylic acids is 1. The van der Waals surface area contributed by atoms with Crippen LogP contribution in [0.3, 0.4) is 0 Å². The zero-order valence-electron chi connectivity index (χ0n) is 10.7. The van der Waals surface area contributed by atoms with E-state index in [9.17, 15) is 9.90 Å². The minimum absolute atomic E-state index is 0.0959. The Labute approximate surface area is 101 Å². The summed E-state index contributed by atoms with van der Waals surface area (Å²) in [5.74, 6) is -0.0959. The highest BCUT2D eigenvalue weighted by Crippen LogP contribution is 2.10. The van der Waals surface area contributed by atoms with Crippen molar-refractivity contribution in [2.75, 3.05) is 0 Å². The molecule has 0 radical (unpaired) electrons. The average molecular weight is 240 g/mol. The Balaban J connectivity index is 2.68. The van der Waals surface area contributed by atoms with Crippen LogP contribution < -0.4 is 5.32 Å². The number of rotatable bonds is 5. The highest BCUT2D eigenvalue weighted by atomic mass is 16.3. The fourth-order valence-corrected chi connectivity index (χ4v) is 1.26. The molecule has 96 valence electrons. The molecule has 0 spiro atoms. The molecule has 0 saturated heterocycles. The van der Waals surface area contributed by atoms with E-state index in [1.807, 2.05) is 13.8 Å². The minimum Gasteiger partial charge on any atom is -0.387 e. The molecular weight excluding hydrogens is 220 g/mol. The van der Waals surface area contributed by atoms with E-state index < -0.39 is 12.1 Å². The van der Waals surface area contributed by atoms with Crippen LogP contribution in [0, 0.1) is 0 Å². The maximum Gasteiger partial charge on any atom is 0.244 e. The molecule has 0 saturated carbocycles. The van der Waals surface area contributed by atoms with E-state index in [0.717, 1.165) is 6.42 Å². The molecule has 3 atom stereocenters. The van der Waals surface area contributed by atoms with Crippen LogP contribution in [0.4, 0.5) is 0 Å². The van der Waals surface area contributed by atoms with E-state index in [1.54, 1.807) is 20.0 Å². The Morgan fingerprint density at radius 2 is 2.18 bits per heavy atom.